The van der Waals surface area contributed by atoms with Gasteiger partial charge in [0.1, 0.15) is 0 Å². The molecule has 17 heavy (non-hydrogen) atoms. The summed E-state index contributed by atoms with van der Waals surface area (Å²) < 4.78 is 25.7. The predicted octanol–water partition coefficient (Wildman–Crippen LogP) is 2.18. The Kier molecular flexibility index (Phi) is 4.60. The van der Waals surface area contributed by atoms with Gasteiger partial charge in [0, 0.05) is 18.6 Å². The van der Waals surface area contributed by atoms with Gasteiger partial charge in [-0.25, -0.2) is 8.78 Å². The van der Waals surface area contributed by atoms with Crippen LogP contribution in [0.15, 0.2) is 18.2 Å². The molecule has 96 valence electrons. The lowest BCUT2D eigenvalue weighted by Crippen LogP contribution is -2.44. The molecule has 0 aliphatic rings. The van der Waals surface area contributed by atoms with Crippen LogP contribution in [0.25, 0.3) is 0 Å². The highest BCUT2D eigenvalue weighted by atomic mass is 19.2. The third-order valence-electron chi connectivity index (χ3n) is 2.44. The van der Waals surface area contributed by atoms with Crippen LogP contribution < -0.4 is 5.73 Å². The monoisotopic (exact) mass is 242 g/mol. The molecule has 0 spiro atoms. The molecule has 0 saturated carbocycles. The van der Waals surface area contributed by atoms with Gasteiger partial charge < -0.3 is 10.6 Å². The number of hydrogen-bond donors (Lipinski definition) is 1. The molecule has 2 N–H and O–H groups in total. The van der Waals surface area contributed by atoms with Crippen LogP contribution in [-0.2, 0) is 6.42 Å². The fraction of sp³-hybridized carbons (Fsp3) is 0.538. The van der Waals surface area contributed by atoms with Crippen molar-refractivity contribution in [2.24, 2.45) is 5.73 Å². The molecule has 1 rings (SSSR count). The second-order valence-electron chi connectivity index (χ2n) is 5.22. The summed E-state index contributed by atoms with van der Waals surface area (Å²) >= 11 is 0. The third-order valence-corrected chi connectivity index (χ3v) is 2.44. The van der Waals surface area contributed by atoms with E-state index in [1.165, 1.54) is 6.07 Å². The molecule has 0 amide bonds. The van der Waals surface area contributed by atoms with Crippen LogP contribution in [0.1, 0.15) is 19.4 Å². The van der Waals surface area contributed by atoms with Gasteiger partial charge in [-0.15, -0.1) is 0 Å². The fourth-order valence-electron chi connectivity index (χ4n) is 1.79. The van der Waals surface area contributed by atoms with Gasteiger partial charge in [0.15, 0.2) is 11.6 Å². The van der Waals surface area contributed by atoms with Crippen LogP contribution in [0, 0.1) is 11.6 Å². The van der Waals surface area contributed by atoms with Crippen molar-refractivity contribution in [1.82, 2.24) is 4.90 Å². The van der Waals surface area contributed by atoms with E-state index in [0.717, 1.165) is 24.7 Å². The molecule has 4 heteroatoms. The van der Waals surface area contributed by atoms with Gasteiger partial charge in [-0.1, -0.05) is 6.07 Å². The molecule has 0 radical (unpaired) electrons. The average molecular weight is 242 g/mol. The van der Waals surface area contributed by atoms with Crippen LogP contribution in [-0.4, -0.2) is 30.6 Å². The Morgan fingerprint density at radius 3 is 2.41 bits per heavy atom. The molecular weight excluding hydrogens is 222 g/mol. The number of nitrogens with zero attached hydrogens (tertiary/aromatic N) is 1. The van der Waals surface area contributed by atoms with E-state index in [4.69, 9.17) is 5.73 Å². The van der Waals surface area contributed by atoms with E-state index >= 15 is 0 Å². The zero-order valence-electron chi connectivity index (χ0n) is 10.6. The normalized spacial score (nSPS) is 12.2. The highest BCUT2D eigenvalue weighted by molar-refractivity contribution is 5.18. The second kappa shape index (κ2) is 5.56. The molecule has 0 saturated heterocycles. The highest BCUT2D eigenvalue weighted by Gasteiger charge is 2.13. The predicted molar refractivity (Wildman–Crippen MR) is 65.8 cm³/mol. The molecule has 2 nitrogen and oxygen atoms in total. The summed E-state index contributed by atoms with van der Waals surface area (Å²) in [4.78, 5) is 2.08. The van der Waals surface area contributed by atoms with Crippen LogP contribution in [0.4, 0.5) is 8.78 Å². The Labute approximate surface area is 101 Å². The summed E-state index contributed by atoms with van der Waals surface area (Å²) in [6.07, 6.45) is 0.684. The zero-order valence-corrected chi connectivity index (χ0v) is 10.6. The Morgan fingerprint density at radius 2 is 1.88 bits per heavy atom. The maximum Gasteiger partial charge on any atom is 0.159 e. The van der Waals surface area contributed by atoms with Gasteiger partial charge in [-0.05, 0) is 45.0 Å². The van der Waals surface area contributed by atoms with E-state index in [0.29, 0.717) is 6.42 Å². The van der Waals surface area contributed by atoms with Crippen LogP contribution >= 0.6 is 0 Å². The zero-order chi connectivity index (χ0) is 13.1. The van der Waals surface area contributed by atoms with Gasteiger partial charge in [0.05, 0.1) is 0 Å². The van der Waals surface area contributed by atoms with Crippen molar-refractivity contribution in [2.45, 2.75) is 25.8 Å². The summed E-state index contributed by atoms with van der Waals surface area (Å²) in [5.41, 5.74) is 6.45. The number of likely N-dealkylation sites (N-methyl/N-ethyl adjacent to an activating group) is 1. The SMILES string of the molecule is CN(CCc1ccc(F)c(F)c1)CC(C)(C)N. The molecule has 0 unspecified atom stereocenters. The fourth-order valence-corrected chi connectivity index (χ4v) is 1.79. The lowest BCUT2D eigenvalue weighted by atomic mass is 10.1. The minimum atomic E-state index is -0.801. The maximum atomic E-state index is 13.0. The minimum Gasteiger partial charge on any atom is -0.324 e. The Hall–Kier alpha value is -1.00. The van der Waals surface area contributed by atoms with Gasteiger partial charge in [-0.2, -0.15) is 0 Å². The van der Waals surface area contributed by atoms with Gasteiger partial charge in [-0.3, -0.25) is 0 Å². The average Bonchev–Trinajstić information content (AvgIpc) is 2.17. The smallest absolute Gasteiger partial charge is 0.159 e. The molecule has 0 aliphatic heterocycles. The van der Waals surface area contributed by atoms with Crippen molar-refractivity contribution < 1.29 is 8.78 Å². The van der Waals surface area contributed by atoms with Crippen molar-refractivity contribution in [3.8, 4) is 0 Å². The largest absolute Gasteiger partial charge is 0.324 e. The van der Waals surface area contributed by atoms with E-state index in [-0.39, 0.29) is 5.54 Å². The first kappa shape index (κ1) is 14.1. The molecule has 0 bridgehead atoms. The van der Waals surface area contributed by atoms with Crippen molar-refractivity contribution >= 4 is 0 Å². The van der Waals surface area contributed by atoms with Crippen molar-refractivity contribution in [2.75, 3.05) is 20.1 Å². The quantitative estimate of drug-likeness (QED) is 0.857. The number of nitrogens with two attached hydrogens (primary N) is 1. The minimum absolute atomic E-state index is 0.247. The first-order chi connectivity index (χ1) is 7.78. The van der Waals surface area contributed by atoms with Crippen LogP contribution in [0.2, 0.25) is 0 Å². The molecule has 0 aromatic heterocycles. The lowest BCUT2D eigenvalue weighted by molar-refractivity contribution is 0.273. The van der Waals surface area contributed by atoms with E-state index in [1.54, 1.807) is 6.07 Å². The molecule has 0 fully saturated rings. The van der Waals surface area contributed by atoms with Gasteiger partial charge in [0.25, 0.3) is 0 Å². The number of benzene rings is 1. The Balaban J connectivity index is 2.47. The summed E-state index contributed by atoms with van der Waals surface area (Å²) in [5.74, 6) is -1.59. The van der Waals surface area contributed by atoms with Crippen LogP contribution in [0.5, 0.6) is 0 Å². The molecule has 1 aromatic rings. The molecule has 1 aromatic carbocycles. The molecule has 0 heterocycles. The topological polar surface area (TPSA) is 29.3 Å². The third kappa shape index (κ3) is 5.24. The van der Waals surface area contributed by atoms with Gasteiger partial charge >= 0.3 is 0 Å². The number of hydrogen-bond acceptors (Lipinski definition) is 2. The molecule has 0 atom stereocenters. The van der Waals surface area contributed by atoms with Crippen LogP contribution in [0.3, 0.4) is 0 Å². The van der Waals surface area contributed by atoms with E-state index < -0.39 is 11.6 Å². The Morgan fingerprint density at radius 1 is 1.24 bits per heavy atom. The van der Waals surface area contributed by atoms with E-state index in [2.05, 4.69) is 4.90 Å². The lowest BCUT2D eigenvalue weighted by Gasteiger charge is -2.26. The summed E-state index contributed by atoms with van der Waals surface area (Å²) in [6, 6.07) is 4.02. The molecular formula is C13H20F2N2. The standard InChI is InChI=1S/C13H20F2N2/c1-13(2,16)9-17(3)7-6-10-4-5-11(14)12(15)8-10/h4-5,8H,6-7,9,16H2,1-3H3. The van der Waals surface area contributed by atoms with E-state index in [9.17, 15) is 8.78 Å². The molecule has 0 aliphatic carbocycles. The van der Waals surface area contributed by atoms with Gasteiger partial charge in [0.2, 0.25) is 0 Å². The maximum absolute atomic E-state index is 13.0. The highest BCUT2D eigenvalue weighted by Crippen LogP contribution is 2.10. The van der Waals surface area contributed by atoms with Crippen molar-refractivity contribution in [3.63, 3.8) is 0 Å². The first-order valence-corrected chi connectivity index (χ1v) is 5.69. The second-order valence-corrected chi connectivity index (χ2v) is 5.22. The Bertz CT molecular complexity index is 372. The van der Waals surface area contributed by atoms with Crippen molar-refractivity contribution in [3.05, 3.63) is 35.4 Å². The van der Waals surface area contributed by atoms with Crippen molar-refractivity contribution in [1.29, 1.82) is 0 Å². The number of halogens is 2. The first-order valence-electron chi connectivity index (χ1n) is 5.69. The summed E-state index contributed by atoms with van der Waals surface area (Å²) in [5, 5.41) is 0. The number of rotatable bonds is 5. The summed E-state index contributed by atoms with van der Waals surface area (Å²) in [6.45, 7) is 5.45. The summed E-state index contributed by atoms with van der Waals surface area (Å²) in [7, 11) is 1.97. The van der Waals surface area contributed by atoms with E-state index in [1.807, 2.05) is 20.9 Å².